The molecule has 8 aliphatic carbocycles. The molecule has 2 amide bonds. The van der Waals surface area contributed by atoms with Crippen LogP contribution in [0.5, 0.6) is 0 Å². The van der Waals surface area contributed by atoms with E-state index in [2.05, 4.69) is 0 Å². The second-order valence-electron chi connectivity index (χ2n) is 14.2. The molecule has 2 saturated heterocycles. The fourth-order valence-electron chi connectivity index (χ4n) is 11.2. The normalized spacial score (nSPS) is 50.1. The Balaban J connectivity index is 0.896. The lowest BCUT2D eigenvalue weighted by atomic mass is 9.47. The fraction of sp³-hybridized carbons (Fsp3) is 0.900. The van der Waals surface area contributed by atoms with Crippen LogP contribution >= 0.6 is 0 Å². The van der Waals surface area contributed by atoms with Crippen molar-refractivity contribution in [2.45, 2.75) is 102 Å². The molecule has 8 saturated carbocycles. The standard InChI is InChI=1S/C30H41NO7/c32-23-3-4-24(33)31(23)36-25(34)2-1-5-35-28-21-12-17-11-20(14-21)27(22(28)13-17)30-29(37-38-30)26-18-7-15-6-16(9-18)10-19(26)8-15/h15-22,26-30H,1-14H2/t15?,16?,17?,18?,19?,20?,21?,22?,26?,27?,28-,29?,30?/m1/s1. The number of nitrogens with zero attached hydrogens (tertiary/aromatic N) is 1. The second kappa shape index (κ2) is 9.27. The van der Waals surface area contributed by atoms with Gasteiger partial charge < -0.3 is 9.57 Å². The molecule has 8 nitrogen and oxygen atoms in total. The van der Waals surface area contributed by atoms with Gasteiger partial charge in [0.1, 0.15) is 12.2 Å². The molecule has 8 atom stereocenters. The van der Waals surface area contributed by atoms with Gasteiger partial charge in [0.15, 0.2) is 0 Å². The van der Waals surface area contributed by atoms with Crippen molar-refractivity contribution in [1.82, 2.24) is 5.06 Å². The van der Waals surface area contributed by atoms with E-state index in [4.69, 9.17) is 19.3 Å². The van der Waals surface area contributed by atoms with Crippen molar-refractivity contribution in [2.24, 2.45) is 59.2 Å². The van der Waals surface area contributed by atoms with E-state index in [9.17, 15) is 14.4 Å². The van der Waals surface area contributed by atoms with Crippen molar-refractivity contribution in [3.8, 4) is 0 Å². The van der Waals surface area contributed by atoms with Gasteiger partial charge >= 0.3 is 5.97 Å². The summed E-state index contributed by atoms with van der Waals surface area (Å²) in [4.78, 5) is 52.7. The van der Waals surface area contributed by atoms with Crippen LogP contribution < -0.4 is 0 Å². The Bertz CT molecular complexity index is 955. The van der Waals surface area contributed by atoms with Gasteiger partial charge in [0.25, 0.3) is 11.8 Å². The summed E-state index contributed by atoms with van der Waals surface area (Å²) in [5, 5.41) is 0.631. The first-order valence-corrected chi connectivity index (χ1v) is 15.5. The molecule has 0 aromatic heterocycles. The van der Waals surface area contributed by atoms with Gasteiger partial charge in [0.05, 0.1) is 12.5 Å². The Morgan fingerprint density at radius 3 is 1.97 bits per heavy atom. The van der Waals surface area contributed by atoms with Crippen LogP contribution in [0, 0.1) is 59.2 Å². The summed E-state index contributed by atoms with van der Waals surface area (Å²) in [6, 6.07) is 0. The Morgan fingerprint density at radius 2 is 1.32 bits per heavy atom. The molecule has 0 aromatic rings. The molecule has 10 rings (SSSR count). The zero-order valence-electron chi connectivity index (χ0n) is 22.2. The number of imide groups is 1. The third-order valence-corrected chi connectivity index (χ3v) is 12.1. The molecular weight excluding hydrogens is 486 g/mol. The lowest BCUT2D eigenvalue weighted by molar-refractivity contribution is -0.500. The van der Waals surface area contributed by atoms with Gasteiger partial charge in [-0.05, 0) is 123 Å². The third-order valence-electron chi connectivity index (χ3n) is 12.1. The molecule has 0 aromatic carbocycles. The highest BCUT2D eigenvalue weighted by atomic mass is 17.2. The first-order chi connectivity index (χ1) is 18.5. The molecule has 0 N–H and O–H groups in total. The number of carbonyl (C=O) groups is 3. The maximum Gasteiger partial charge on any atom is 0.333 e. The third kappa shape index (κ3) is 3.91. The summed E-state index contributed by atoms with van der Waals surface area (Å²) in [7, 11) is 0. The van der Waals surface area contributed by atoms with Gasteiger partial charge in [-0.15, -0.1) is 5.06 Å². The molecule has 8 bridgehead atoms. The molecule has 38 heavy (non-hydrogen) atoms. The van der Waals surface area contributed by atoms with E-state index in [1.54, 1.807) is 0 Å². The summed E-state index contributed by atoms with van der Waals surface area (Å²) >= 11 is 0. The number of rotatable bonds is 8. The van der Waals surface area contributed by atoms with Crippen molar-refractivity contribution in [3.05, 3.63) is 0 Å². The number of carbonyl (C=O) groups excluding carboxylic acids is 3. The predicted octanol–water partition coefficient (Wildman–Crippen LogP) is 4.21. The summed E-state index contributed by atoms with van der Waals surface area (Å²) < 4.78 is 6.55. The SMILES string of the molecule is O=C(CCCO[C@@H]1C2CC3CC(C2)C(C2OOC2C2C4CC5CC(C4)CC2C5)C1C3)ON1C(=O)CCC1=O. The van der Waals surface area contributed by atoms with Gasteiger partial charge in [-0.2, -0.15) is 0 Å². The first-order valence-electron chi connectivity index (χ1n) is 15.5. The van der Waals surface area contributed by atoms with Crippen LogP contribution in [0.4, 0.5) is 0 Å². The van der Waals surface area contributed by atoms with Crippen LogP contribution in [-0.4, -0.2) is 47.8 Å². The lowest BCUT2D eigenvalue weighted by Gasteiger charge is -2.63. The van der Waals surface area contributed by atoms with Crippen molar-refractivity contribution in [1.29, 1.82) is 0 Å². The maximum absolute atomic E-state index is 12.2. The Hall–Kier alpha value is -1.51. The lowest BCUT2D eigenvalue weighted by Crippen LogP contribution is -2.65. The first kappa shape index (κ1) is 24.3. The Kier molecular flexibility index (Phi) is 5.93. The van der Waals surface area contributed by atoms with Crippen LogP contribution in [0.1, 0.15) is 83.5 Å². The predicted molar refractivity (Wildman–Crippen MR) is 132 cm³/mol. The topological polar surface area (TPSA) is 91.4 Å². The molecular formula is C30H41NO7. The number of hydrogen-bond donors (Lipinski definition) is 0. The van der Waals surface area contributed by atoms with Crippen LogP contribution in [0.2, 0.25) is 0 Å². The summed E-state index contributed by atoms with van der Waals surface area (Å²) in [5.74, 6) is 6.13. The van der Waals surface area contributed by atoms with Crippen molar-refractivity contribution < 1.29 is 33.7 Å². The minimum atomic E-state index is -0.543. The van der Waals surface area contributed by atoms with Crippen LogP contribution in [0.3, 0.4) is 0 Å². The molecule has 208 valence electrons. The van der Waals surface area contributed by atoms with Crippen LogP contribution in [0.25, 0.3) is 0 Å². The minimum absolute atomic E-state index is 0.114. The largest absolute Gasteiger partial charge is 0.378 e. The van der Waals surface area contributed by atoms with E-state index in [0.29, 0.717) is 41.8 Å². The Morgan fingerprint density at radius 1 is 0.737 bits per heavy atom. The monoisotopic (exact) mass is 527 g/mol. The molecule has 0 spiro atoms. The summed E-state index contributed by atoms with van der Waals surface area (Å²) in [6.45, 7) is 0.498. The molecule has 2 aliphatic heterocycles. The Labute approximate surface area is 224 Å². The highest BCUT2D eigenvalue weighted by Gasteiger charge is 2.63. The zero-order valence-corrected chi connectivity index (χ0v) is 22.2. The van der Waals surface area contributed by atoms with Crippen molar-refractivity contribution in [3.63, 3.8) is 0 Å². The molecule has 10 aliphatic rings. The smallest absolute Gasteiger partial charge is 0.333 e. The molecule has 0 radical (unpaired) electrons. The molecule has 8 heteroatoms. The van der Waals surface area contributed by atoms with E-state index < -0.39 is 17.8 Å². The summed E-state index contributed by atoms with van der Waals surface area (Å²) in [6.07, 6.45) is 13.9. The van der Waals surface area contributed by atoms with Gasteiger partial charge in [0, 0.05) is 19.4 Å². The fourth-order valence-corrected chi connectivity index (χ4v) is 11.2. The quantitative estimate of drug-likeness (QED) is 0.265. The average molecular weight is 528 g/mol. The van der Waals surface area contributed by atoms with Gasteiger partial charge in [0.2, 0.25) is 0 Å². The van der Waals surface area contributed by atoms with E-state index in [1.807, 2.05) is 0 Å². The number of hydrogen-bond acceptors (Lipinski definition) is 7. The van der Waals surface area contributed by atoms with Gasteiger partial charge in [-0.25, -0.2) is 14.6 Å². The van der Waals surface area contributed by atoms with Crippen molar-refractivity contribution in [2.75, 3.05) is 6.61 Å². The van der Waals surface area contributed by atoms with Gasteiger partial charge in [-0.3, -0.25) is 9.59 Å². The van der Waals surface area contributed by atoms with E-state index in [-0.39, 0.29) is 37.6 Å². The minimum Gasteiger partial charge on any atom is -0.378 e. The van der Waals surface area contributed by atoms with E-state index in [1.165, 1.54) is 57.8 Å². The number of amides is 2. The van der Waals surface area contributed by atoms with E-state index >= 15 is 0 Å². The number of hydroxylamine groups is 2. The average Bonchev–Trinajstić information content (AvgIpc) is 3.18. The van der Waals surface area contributed by atoms with Crippen LogP contribution in [-0.2, 0) is 33.7 Å². The van der Waals surface area contributed by atoms with Gasteiger partial charge in [-0.1, -0.05) is 0 Å². The molecule has 10 fully saturated rings. The summed E-state index contributed by atoms with van der Waals surface area (Å²) in [5.41, 5.74) is 0. The highest BCUT2D eigenvalue weighted by Crippen LogP contribution is 2.63. The number of ether oxygens (including phenoxy) is 1. The highest BCUT2D eigenvalue weighted by molar-refractivity contribution is 6.01. The van der Waals surface area contributed by atoms with Crippen LogP contribution in [0.15, 0.2) is 0 Å². The zero-order chi connectivity index (χ0) is 25.5. The van der Waals surface area contributed by atoms with Crippen molar-refractivity contribution >= 4 is 17.8 Å². The molecule has 7 unspecified atom stereocenters. The maximum atomic E-state index is 12.2. The molecule has 2 heterocycles. The van der Waals surface area contributed by atoms with E-state index in [0.717, 1.165) is 35.5 Å². The second-order valence-corrected chi connectivity index (χ2v) is 14.2.